The van der Waals surface area contributed by atoms with Gasteiger partial charge in [-0.15, -0.1) is 0 Å². The molecule has 0 aliphatic rings. The van der Waals surface area contributed by atoms with Gasteiger partial charge in [-0.2, -0.15) is 0 Å². The average molecular weight is 563 g/mol. The van der Waals surface area contributed by atoms with Crippen molar-refractivity contribution in [2.75, 3.05) is 54.4 Å². The summed E-state index contributed by atoms with van der Waals surface area (Å²) in [6.45, 7) is 11.9. The third-order valence-corrected chi connectivity index (χ3v) is 5.31. The van der Waals surface area contributed by atoms with Gasteiger partial charge < -0.3 is 28.7 Å². The van der Waals surface area contributed by atoms with Gasteiger partial charge in [0.15, 0.2) is 0 Å². The maximum absolute atomic E-state index is 11.0. The van der Waals surface area contributed by atoms with Gasteiger partial charge in [0.25, 0.3) is 0 Å². The summed E-state index contributed by atoms with van der Waals surface area (Å²) in [5.74, 6) is -0.213. The zero-order chi connectivity index (χ0) is 30.0. The first-order chi connectivity index (χ1) is 18.1. The topological polar surface area (TPSA) is 138 Å². The second kappa shape index (κ2) is 18.0. The molecule has 216 valence electrons. The summed E-state index contributed by atoms with van der Waals surface area (Å²) in [7, 11) is 3.47. The van der Waals surface area contributed by atoms with Crippen molar-refractivity contribution in [2.45, 2.75) is 13.1 Å². The molecule has 2 aromatic carbocycles. The van der Waals surface area contributed by atoms with Gasteiger partial charge in [-0.1, -0.05) is 73.8 Å². The predicted octanol–water partition coefficient (Wildman–Crippen LogP) is 1.79. The summed E-state index contributed by atoms with van der Waals surface area (Å²) >= 11 is 0. The second-order valence-corrected chi connectivity index (χ2v) is 10.8. The normalized spacial score (nSPS) is 11.0. The van der Waals surface area contributed by atoms with Gasteiger partial charge in [0, 0.05) is 21.5 Å². The van der Waals surface area contributed by atoms with Crippen LogP contribution in [0.1, 0.15) is 11.1 Å². The maximum Gasteiger partial charge on any atom is 0.243 e. The van der Waals surface area contributed by atoms with E-state index in [4.69, 9.17) is 17.5 Å². The van der Waals surface area contributed by atoms with E-state index < -0.39 is 10.4 Å². The largest absolute Gasteiger partial charge is 0.759 e. The van der Waals surface area contributed by atoms with Gasteiger partial charge in [0.2, 0.25) is 11.8 Å². The lowest BCUT2D eigenvalue weighted by atomic mass is 10.2. The van der Waals surface area contributed by atoms with E-state index in [2.05, 4.69) is 101 Å². The number of nitrogens with zero attached hydrogens (tertiary/aromatic N) is 2. The average Bonchev–Trinajstić information content (AvgIpc) is 2.83. The van der Waals surface area contributed by atoms with Crippen molar-refractivity contribution in [3.63, 3.8) is 0 Å². The first kappa shape index (κ1) is 35.6. The number of carbonyl (C=O) groups excluding carboxylic acids is 2. The van der Waals surface area contributed by atoms with Crippen LogP contribution < -0.4 is 10.6 Å². The molecule has 0 radical (unpaired) electrons. The van der Waals surface area contributed by atoms with Crippen molar-refractivity contribution in [1.29, 1.82) is 0 Å². The molecule has 0 spiro atoms. The molecule has 0 saturated carbocycles. The number of carbonyl (C=O) groups is 2. The smallest absolute Gasteiger partial charge is 0.243 e. The Balaban J connectivity index is 0.000000632. The molecule has 0 aromatic heterocycles. The van der Waals surface area contributed by atoms with E-state index in [1.165, 1.54) is 23.3 Å². The van der Waals surface area contributed by atoms with Gasteiger partial charge in [0.1, 0.15) is 13.1 Å². The third-order valence-electron chi connectivity index (χ3n) is 5.31. The summed E-state index contributed by atoms with van der Waals surface area (Å²) in [6, 6.07) is 20.8. The highest BCUT2D eigenvalue weighted by Gasteiger charge is 2.16. The fraction of sp³-hybridized carbons (Fsp3) is 0.357. The van der Waals surface area contributed by atoms with E-state index in [1.54, 1.807) is 0 Å². The summed E-state index contributed by atoms with van der Waals surface area (Å²) in [5.41, 5.74) is 2.63. The molecule has 0 atom stereocenters. The Hall–Kier alpha value is -3.35. The molecule has 0 aliphatic carbocycles. The van der Waals surface area contributed by atoms with Crippen LogP contribution in [0.4, 0.5) is 0 Å². The minimum absolute atomic E-state index is 0.107. The molecule has 2 rings (SSSR count). The number of rotatable bonds is 12. The fourth-order valence-corrected chi connectivity index (χ4v) is 3.42. The van der Waals surface area contributed by atoms with Crippen molar-refractivity contribution in [2.24, 2.45) is 0 Å². The molecular formula is C28H42N4O6S. The standard InChI is InChI=1S/2C14H20N2O.H2O4S/c2*1-4-14(17)15-10-11-16(2,3)12-13-8-6-5-7-9-13;1-5(2,3)4/h2*4-9H,1,10-12H2,2-3H3;(H2,1,2,3,4). The highest BCUT2D eigenvalue weighted by atomic mass is 32.3. The maximum atomic E-state index is 11.0. The van der Waals surface area contributed by atoms with Crippen LogP contribution in [0.25, 0.3) is 0 Å². The van der Waals surface area contributed by atoms with Crippen molar-refractivity contribution in [1.82, 2.24) is 10.6 Å². The Morgan fingerprint density at radius 1 is 0.718 bits per heavy atom. The number of hydrogen-bond acceptors (Lipinski definition) is 6. The molecule has 10 nitrogen and oxygen atoms in total. The van der Waals surface area contributed by atoms with E-state index in [1.807, 2.05) is 12.1 Å². The van der Waals surface area contributed by atoms with Gasteiger partial charge in [-0.3, -0.25) is 18.0 Å². The van der Waals surface area contributed by atoms with Crippen molar-refractivity contribution in [3.8, 4) is 0 Å². The van der Waals surface area contributed by atoms with Crippen LogP contribution in [-0.2, 0) is 33.1 Å². The summed E-state index contributed by atoms with van der Waals surface area (Å²) in [6.07, 6.45) is 2.61. The lowest BCUT2D eigenvalue weighted by Crippen LogP contribution is -2.44. The molecule has 0 aliphatic heterocycles. The molecule has 11 heteroatoms. The highest BCUT2D eigenvalue weighted by molar-refractivity contribution is 7.79. The molecule has 0 bridgehead atoms. The van der Waals surface area contributed by atoms with Gasteiger partial charge in [-0.25, -0.2) is 0 Å². The van der Waals surface area contributed by atoms with Crippen LogP contribution in [0.5, 0.6) is 0 Å². The van der Waals surface area contributed by atoms with E-state index >= 15 is 0 Å². The molecule has 39 heavy (non-hydrogen) atoms. The lowest BCUT2D eigenvalue weighted by Gasteiger charge is -2.29. The Bertz CT molecular complexity index is 1040. The molecule has 2 amide bonds. The molecule has 0 fully saturated rings. The van der Waals surface area contributed by atoms with Crippen LogP contribution in [0, 0.1) is 0 Å². The monoisotopic (exact) mass is 562 g/mol. The number of nitrogens with one attached hydrogen (secondary N) is 2. The summed E-state index contributed by atoms with van der Waals surface area (Å²) in [4.78, 5) is 22.0. The SMILES string of the molecule is C=CC(=O)NCC[N+](C)(C)Cc1ccccc1.C=CC(=O)NCC[N+](C)(C)Cc1ccccc1.O=S(=O)([O-])[O-]. The first-order valence-electron chi connectivity index (χ1n) is 12.3. The van der Waals surface area contributed by atoms with Gasteiger partial charge in [-0.05, 0) is 12.2 Å². The quantitative estimate of drug-likeness (QED) is 0.175. The number of quaternary nitrogens is 2. The van der Waals surface area contributed by atoms with Crippen LogP contribution in [0.15, 0.2) is 86.0 Å². The zero-order valence-electron chi connectivity index (χ0n) is 23.3. The van der Waals surface area contributed by atoms with Gasteiger partial charge >= 0.3 is 0 Å². The van der Waals surface area contributed by atoms with E-state index in [0.717, 1.165) is 35.1 Å². The Morgan fingerprint density at radius 2 is 1.00 bits per heavy atom. The van der Waals surface area contributed by atoms with E-state index in [0.29, 0.717) is 13.1 Å². The number of amides is 2. The van der Waals surface area contributed by atoms with Crippen LogP contribution >= 0.6 is 0 Å². The molecule has 2 N–H and O–H groups in total. The molecule has 2 aromatic rings. The molecule has 0 saturated heterocycles. The van der Waals surface area contributed by atoms with E-state index in [-0.39, 0.29) is 11.8 Å². The number of hydrogen-bond donors (Lipinski definition) is 2. The Morgan fingerprint density at radius 3 is 1.26 bits per heavy atom. The van der Waals surface area contributed by atoms with Crippen molar-refractivity contribution >= 4 is 22.2 Å². The zero-order valence-corrected chi connectivity index (χ0v) is 24.2. The van der Waals surface area contributed by atoms with Crippen LogP contribution in [-0.4, -0.2) is 92.7 Å². The minimum atomic E-state index is -5.17. The lowest BCUT2D eigenvalue weighted by molar-refractivity contribution is -0.902. The third kappa shape index (κ3) is 22.4. The van der Waals surface area contributed by atoms with Gasteiger partial charge in [0.05, 0.1) is 54.4 Å². The Labute approximate surface area is 233 Å². The van der Waals surface area contributed by atoms with Crippen molar-refractivity contribution < 1.29 is 36.1 Å². The Kier molecular flexibility index (Phi) is 16.5. The van der Waals surface area contributed by atoms with E-state index in [9.17, 15) is 9.59 Å². The second-order valence-electron chi connectivity index (χ2n) is 10.0. The molecule has 0 heterocycles. The molecular weight excluding hydrogens is 520 g/mol. The summed E-state index contributed by atoms with van der Waals surface area (Å²) in [5, 5.41) is 5.60. The van der Waals surface area contributed by atoms with Crippen LogP contribution in [0.2, 0.25) is 0 Å². The number of benzene rings is 2. The van der Waals surface area contributed by atoms with Crippen molar-refractivity contribution in [3.05, 3.63) is 97.1 Å². The highest BCUT2D eigenvalue weighted by Crippen LogP contribution is 2.09. The first-order valence-corrected chi connectivity index (χ1v) is 13.6. The predicted molar refractivity (Wildman–Crippen MR) is 151 cm³/mol. The fourth-order valence-electron chi connectivity index (χ4n) is 3.42. The minimum Gasteiger partial charge on any atom is -0.759 e. The molecule has 0 unspecified atom stereocenters. The van der Waals surface area contributed by atoms with Crippen LogP contribution in [0.3, 0.4) is 0 Å². The number of likely N-dealkylation sites (N-methyl/N-ethyl adjacent to an activating group) is 2. The summed E-state index contributed by atoms with van der Waals surface area (Å²) < 4.78 is 35.8.